The molecule has 352 valence electrons. The number of pyridine rings is 2. The minimum Gasteiger partial charge on any atom is -0.497 e. The lowest BCUT2D eigenvalue weighted by atomic mass is 9.82. The van der Waals surface area contributed by atoms with Crippen LogP contribution in [0.2, 0.25) is 0 Å². The molecule has 1 aromatic carbocycles. The molecule has 3 N–H and O–H groups in total. The molecule has 0 unspecified atom stereocenters. The van der Waals surface area contributed by atoms with Gasteiger partial charge in [0, 0.05) is 23.3 Å². The third-order valence-electron chi connectivity index (χ3n) is 13.4. The van der Waals surface area contributed by atoms with Gasteiger partial charge >= 0.3 is 6.09 Å². The summed E-state index contributed by atoms with van der Waals surface area (Å²) in [7, 11) is -2.49. The van der Waals surface area contributed by atoms with E-state index in [1.807, 2.05) is 51.1 Å². The Morgan fingerprint density at radius 2 is 1.80 bits per heavy atom. The first kappa shape index (κ1) is 47.5. The molecule has 7 atom stereocenters. The Bertz CT molecular complexity index is 2450. The van der Waals surface area contributed by atoms with Crippen LogP contribution in [0.5, 0.6) is 17.4 Å². The molecule has 1 saturated heterocycles. The van der Waals surface area contributed by atoms with Crippen LogP contribution in [-0.2, 0) is 24.4 Å². The molecule has 0 bridgehead atoms. The second kappa shape index (κ2) is 18.1. The molecule has 0 radical (unpaired) electrons. The molecule has 0 spiro atoms. The van der Waals surface area contributed by atoms with Crippen LogP contribution in [0.15, 0.2) is 54.7 Å². The SMILES string of the molecule is CC[C@@H]1C[C@@H](C)CC/C=C\[C@@H]2C[C@@]2(C(=O)NS(=O)(=O)C2(C)CC2)NC(=O)[C@@H]2C[C@@H](Oc3nc(-c4ccc(OC(C)C)cn4)cc4cc(OC)ccc34)CN2C(=O)[C@H]1N(C(=O)O)C(C)(C)C. The second-order valence-corrected chi connectivity index (χ2v) is 22.1. The van der Waals surface area contributed by atoms with Gasteiger partial charge in [0.1, 0.15) is 35.2 Å². The first-order valence-electron chi connectivity index (χ1n) is 22.8. The van der Waals surface area contributed by atoms with Gasteiger partial charge in [-0.05, 0) is 134 Å². The summed E-state index contributed by atoms with van der Waals surface area (Å²) >= 11 is 0. The van der Waals surface area contributed by atoms with Crippen molar-refractivity contribution in [2.45, 2.75) is 147 Å². The van der Waals surface area contributed by atoms with Crippen molar-refractivity contribution >= 4 is 44.6 Å². The Morgan fingerprint density at radius 1 is 1.08 bits per heavy atom. The zero-order valence-electron chi connectivity index (χ0n) is 38.9. The Hall–Kier alpha value is -5.45. The van der Waals surface area contributed by atoms with Gasteiger partial charge in [-0.25, -0.2) is 18.2 Å². The molecule has 2 aliphatic heterocycles. The number of ether oxygens (including phenoxy) is 3. The van der Waals surface area contributed by atoms with E-state index in [4.69, 9.17) is 19.2 Å². The van der Waals surface area contributed by atoms with Gasteiger partial charge in [0.2, 0.25) is 27.7 Å². The van der Waals surface area contributed by atoms with Crippen LogP contribution in [-0.4, -0.2) is 111 Å². The fraction of sp³-hybridized carbons (Fsp3) is 0.583. The maximum Gasteiger partial charge on any atom is 0.408 e. The number of allylic oxidation sites excluding steroid dienone is 1. The number of amides is 4. The number of nitrogens with zero attached hydrogens (tertiary/aromatic N) is 4. The van der Waals surface area contributed by atoms with Crippen molar-refractivity contribution in [3.63, 3.8) is 0 Å². The molecule has 4 aliphatic rings. The summed E-state index contributed by atoms with van der Waals surface area (Å²) in [4.78, 5) is 70.0. The molecule has 4 amide bonds. The maximum absolute atomic E-state index is 15.5. The average Bonchev–Trinajstić information content (AvgIpc) is 4.12. The minimum absolute atomic E-state index is 0.0440. The van der Waals surface area contributed by atoms with Gasteiger partial charge in [-0.2, -0.15) is 0 Å². The highest BCUT2D eigenvalue weighted by Gasteiger charge is 2.63. The summed E-state index contributed by atoms with van der Waals surface area (Å²) in [6.45, 7) is 14.6. The molecule has 3 aromatic rings. The quantitative estimate of drug-likeness (QED) is 0.169. The van der Waals surface area contributed by atoms with Crippen molar-refractivity contribution in [2.24, 2.45) is 17.8 Å². The molecule has 2 aliphatic carbocycles. The molecule has 16 nitrogen and oxygen atoms in total. The number of methoxy groups -OCH3 is 1. The van der Waals surface area contributed by atoms with E-state index in [9.17, 15) is 27.9 Å². The van der Waals surface area contributed by atoms with Crippen LogP contribution in [0.3, 0.4) is 0 Å². The van der Waals surface area contributed by atoms with E-state index >= 15 is 4.79 Å². The zero-order valence-corrected chi connectivity index (χ0v) is 39.7. The number of sulfonamides is 1. The number of hydrogen-bond donors (Lipinski definition) is 3. The number of carbonyl (C=O) groups is 4. The predicted molar refractivity (Wildman–Crippen MR) is 245 cm³/mol. The van der Waals surface area contributed by atoms with E-state index in [0.29, 0.717) is 60.4 Å². The molecule has 4 heterocycles. The predicted octanol–water partition coefficient (Wildman–Crippen LogP) is 6.86. The first-order chi connectivity index (χ1) is 30.6. The number of carboxylic acid groups (broad SMARTS) is 1. The molecule has 3 fully saturated rings. The van der Waals surface area contributed by atoms with Gasteiger partial charge in [0.05, 0.1) is 42.1 Å². The fourth-order valence-electron chi connectivity index (χ4n) is 9.34. The Labute approximate surface area is 381 Å². The summed E-state index contributed by atoms with van der Waals surface area (Å²) in [5, 5.41) is 15.1. The third-order valence-corrected chi connectivity index (χ3v) is 15.6. The van der Waals surface area contributed by atoms with Crippen LogP contribution in [0, 0.1) is 17.8 Å². The Morgan fingerprint density at radius 3 is 2.42 bits per heavy atom. The molecule has 7 rings (SSSR count). The zero-order chi connectivity index (χ0) is 47.2. The van der Waals surface area contributed by atoms with Crippen molar-refractivity contribution < 1.29 is 46.9 Å². The van der Waals surface area contributed by atoms with Gasteiger partial charge in [-0.1, -0.05) is 32.4 Å². The molecular weight excluding hydrogens is 853 g/mol. The molecular formula is C48H64N6O10S. The first-order valence-corrected chi connectivity index (χ1v) is 24.2. The molecule has 65 heavy (non-hydrogen) atoms. The monoisotopic (exact) mass is 916 g/mol. The largest absolute Gasteiger partial charge is 0.497 e. The number of fused-ring (bicyclic) bond motifs is 3. The topological polar surface area (TPSA) is 207 Å². The summed E-state index contributed by atoms with van der Waals surface area (Å²) < 4.78 is 46.1. The summed E-state index contributed by atoms with van der Waals surface area (Å²) in [6.07, 6.45) is 6.62. The van der Waals surface area contributed by atoms with Crippen molar-refractivity contribution in [1.82, 2.24) is 29.8 Å². The summed E-state index contributed by atoms with van der Waals surface area (Å²) in [5.41, 5.74) is -1.58. The highest BCUT2D eigenvalue weighted by Crippen LogP contribution is 2.48. The fourth-order valence-corrected chi connectivity index (χ4v) is 10.6. The molecule has 2 saturated carbocycles. The second-order valence-electron chi connectivity index (χ2n) is 19.9. The normalized spacial score (nSPS) is 27.3. The van der Waals surface area contributed by atoms with Crippen LogP contribution in [0.4, 0.5) is 4.79 Å². The van der Waals surface area contributed by atoms with Gasteiger partial charge in [0.15, 0.2) is 0 Å². The van der Waals surface area contributed by atoms with E-state index in [1.54, 1.807) is 59.2 Å². The number of nitrogens with one attached hydrogen (secondary N) is 2. The van der Waals surface area contributed by atoms with Crippen molar-refractivity contribution in [2.75, 3.05) is 13.7 Å². The van der Waals surface area contributed by atoms with E-state index in [0.717, 1.165) is 11.8 Å². The minimum atomic E-state index is -4.05. The van der Waals surface area contributed by atoms with E-state index in [1.165, 1.54) is 9.80 Å². The van der Waals surface area contributed by atoms with Crippen molar-refractivity contribution in [1.29, 1.82) is 0 Å². The van der Waals surface area contributed by atoms with E-state index in [-0.39, 0.29) is 37.3 Å². The Balaban J connectivity index is 1.30. The van der Waals surface area contributed by atoms with Crippen LogP contribution >= 0.6 is 0 Å². The number of aromatic nitrogens is 2. The highest BCUT2D eigenvalue weighted by molar-refractivity contribution is 7.91. The average molecular weight is 917 g/mol. The van der Waals surface area contributed by atoms with Gasteiger partial charge in [0.25, 0.3) is 5.91 Å². The number of carbonyl (C=O) groups excluding carboxylic acids is 3. The standard InChI is InChI=1S/C48H64N6O10S/c1-10-30-21-29(4)13-11-12-14-32-25-48(32,44(57)52-65(60,61)47(8)19-20-47)51-41(55)39-24-35(27-53(39)43(56)40(30)54(45(58)59)46(5,6)7)64-42-36-17-15-33(62-9)22-31(36)23-38(50-42)37-18-16-34(26-49-37)63-28(2)3/h12,14-18,22-23,26,28-30,32,35,39-40H,10-11,13,19-21,24-25,27H2,1-9H3,(H,51,55)(H,52,57)(H,58,59)/b14-12-/t29-,30+,32+,35+,39-,40-,48+/m0/s1. The lowest BCUT2D eigenvalue weighted by Crippen LogP contribution is -2.62. The van der Waals surface area contributed by atoms with Crippen LogP contribution in [0.1, 0.15) is 107 Å². The van der Waals surface area contributed by atoms with Gasteiger partial charge in [-0.3, -0.25) is 29.0 Å². The van der Waals surface area contributed by atoms with E-state index in [2.05, 4.69) is 21.9 Å². The molecule has 2 aromatic heterocycles. The highest BCUT2D eigenvalue weighted by atomic mass is 32.2. The lowest BCUT2D eigenvalue weighted by Gasteiger charge is -2.44. The summed E-state index contributed by atoms with van der Waals surface area (Å²) in [6, 6.07) is 8.50. The van der Waals surface area contributed by atoms with Crippen LogP contribution in [0.25, 0.3) is 22.2 Å². The van der Waals surface area contributed by atoms with E-state index < -0.39 is 79.7 Å². The smallest absolute Gasteiger partial charge is 0.408 e. The van der Waals surface area contributed by atoms with Gasteiger partial charge < -0.3 is 29.5 Å². The van der Waals surface area contributed by atoms with Crippen LogP contribution < -0.4 is 24.2 Å². The summed E-state index contributed by atoms with van der Waals surface area (Å²) in [5.74, 6) is -1.48. The maximum atomic E-state index is 15.5. The third kappa shape index (κ3) is 9.90. The van der Waals surface area contributed by atoms with Crippen molar-refractivity contribution in [3.05, 3.63) is 54.7 Å². The molecule has 17 heteroatoms. The number of rotatable bonds is 11. The van der Waals surface area contributed by atoms with Crippen molar-refractivity contribution in [3.8, 4) is 28.8 Å². The number of hydrogen-bond acceptors (Lipinski definition) is 11. The van der Waals surface area contributed by atoms with Gasteiger partial charge in [-0.15, -0.1) is 0 Å². The lowest BCUT2D eigenvalue weighted by molar-refractivity contribution is -0.146. The Kier molecular flexibility index (Phi) is 13.2. The number of benzene rings is 1.